The smallest absolute Gasteiger partial charge is 0.221 e. The molecule has 4 rings (SSSR count). The summed E-state index contributed by atoms with van der Waals surface area (Å²) in [6.07, 6.45) is 7.63. The van der Waals surface area contributed by atoms with Gasteiger partial charge >= 0.3 is 0 Å². The molecule has 0 aliphatic heterocycles. The zero-order valence-electron chi connectivity index (χ0n) is 17.1. The number of hydrogen-bond donors (Lipinski definition) is 1. The fourth-order valence-electron chi connectivity index (χ4n) is 3.64. The van der Waals surface area contributed by atoms with Crippen LogP contribution < -0.4 is 10.1 Å². The molecule has 0 aliphatic rings. The molecule has 152 valence electrons. The number of hydrogen-bond acceptors (Lipinski definition) is 4. The van der Waals surface area contributed by atoms with Crippen LogP contribution in [-0.2, 0) is 11.3 Å². The van der Waals surface area contributed by atoms with E-state index in [1.54, 1.807) is 19.5 Å². The van der Waals surface area contributed by atoms with E-state index in [1.165, 1.54) is 0 Å². The molecule has 0 spiro atoms. The number of rotatable bonds is 7. The van der Waals surface area contributed by atoms with E-state index in [9.17, 15) is 4.79 Å². The topological polar surface area (TPSA) is 68.5 Å². The van der Waals surface area contributed by atoms with Crippen LogP contribution >= 0.6 is 0 Å². The van der Waals surface area contributed by atoms with E-state index >= 15 is 0 Å². The van der Waals surface area contributed by atoms with Crippen LogP contribution in [0.5, 0.6) is 5.75 Å². The highest BCUT2D eigenvalue weighted by Crippen LogP contribution is 2.31. The second-order valence-electron chi connectivity index (χ2n) is 7.24. The normalized spacial score (nSPS) is 11.9. The van der Waals surface area contributed by atoms with E-state index in [0.29, 0.717) is 13.0 Å². The van der Waals surface area contributed by atoms with Crippen molar-refractivity contribution in [3.8, 4) is 5.75 Å². The number of carbonyl (C=O) groups excluding carboxylic acids is 1. The van der Waals surface area contributed by atoms with Crippen LogP contribution in [0.4, 0.5) is 0 Å². The number of fused-ring (bicyclic) bond motifs is 1. The Morgan fingerprint density at radius 3 is 2.87 bits per heavy atom. The fourth-order valence-corrected chi connectivity index (χ4v) is 3.64. The lowest BCUT2D eigenvalue weighted by Crippen LogP contribution is -2.25. The third-order valence-electron chi connectivity index (χ3n) is 5.21. The highest BCUT2D eigenvalue weighted by Gasteiger charge is 2.22. The predicted octanol–water partition coefficient (Wildman–Crippen LogP) is 3.88. The number of aromatic nitrogens is 3. The number of ether oxygens (including phenoxy) is 1. The second kappa shape index (κ2) is 8.78. The third kappa shape index (κ3) is 4.17. The molecule has 0 fully saturated rings. The molecule has 3 heterocycles. The summed E-state index contributed by atoms with van der Waals surface area (Å²) in [7, 11) is 1.65. The molecule has 0 aliphatic carbocycles. The van der Waals surface area contributed by atoms with E-state index in [2.05, 4.69) is 19.7 Å². The average Bonchev–Trinajstić information content (AvgIpc) is 3.22. The monoisotopic (exact) mass is 400 g/mol. The van der Waals surface area contributed by atoms with Crippen molar-refractivity contribution in [2.24, 2.45) is 0 Å². The Bertz CT molecular complexity index is 1150. The van der Waals surface area contributed by atoms with Crippen molar-refractivity contribution in [3.05, 3.63) is 95.7 Å². The number of imidazole rings is 1. The van der Waals surface area contributed by atoms with Crippen molar-refractivity contribution >= 4 is 11.6 Å². The molecular formula is C24H24N4O2. The summed E-state index contributed by atoms with van der Waals surface area (Å²) < 4.78 is 7.47. The van der Waals surface area contributed by atoms with Gasteiger partial charge in [-0.2, -0.15) is 0 Å². The van der Waals surface area contributed by atoms with Gasteiger partial charge in [0.1, 0.15) is 11.4 Å². The summed E-state index contributed by atoms with van der Waals surface area (Å²) in [4.78, 5) is 21.6. The minimum absolute atomic E-state index is 0.0331. The molecule has 6 nitrogen and oxygen atoms in total. The van der Waals surface area contributed by atoms with Crippen LogP contribution in [0, 0.1) is 6.92 Å². The molecule has 1 atom stereocenters. The zero-order valence-corrected chi connectivity index (χ0v) is 17.1. The Kier molecular flexibility index (Phi) is 5.75. The molecule has 0 saturated heterocycles. The molecule has 30 heavy (non-hydrogen) atoms. The summed E-state index contributed by atoms with van der Waals surface area (Å²) in [5.74, 6) is 0.568. The van der Waals surface area contributed by atoms with E-state index in [1.807, 2.05) is 67.8 Å². The van der Waals surface area contributed by atoms with E-state index in [-0.39, 0.29) is 11.8 Å². The summed E-state index contributed by atoms with van der Waals surface area (Å²) in [6.45, 7) is 2.48. The molecule has 1 aromatic carbocycles. The Hall–Kier alpha value is -3.67. The van der Waals surface area contributed by atoms with Crippen molar-refractivity contribution < 1.29 is 9.53 Å². The maximum Gasteiger partial charge on any atom is 0.221 e. The summed E-state index contributed by atoms with van der Waals surface area (Å²) in [5, 5.41) is 3.01. The van der Waals surface area contributed by atoms with Crippen molar-refractivity contribution in [1.29, 1.82) is 0 Å². The van der Waals surface area contributed by atoms with Crippen LogP contribution in [0.25, 0.3) is 5.65 Å². The maximum absolute atomic E-state index is 12.9. The van der Waals surface area contributed by atoms with Gasteiger partial charge in [0, 0.05) is 43.7 Å². The van der Waals surface area contributed by atoms with Crippen LogP contribution in [0.3, 0.4) is 0 Å². The Morgan fingerprint density at radius 2 is 2.07 bits per heavy atom. The molecule has 0 bridgehead atoms. The van der Waals surface area contributed by atoms with Gasteiger partial charge in [-0.3, -0.25) is 9.78 Å². The summed E-state index contributed by atoms with van der Waals surface area (Å²) in [6, 6.07) is 15.7. The first-order chi connectivity index (χ1) is 14.7. The van der Waals surface area contributed by atoms with Gasteiger partial charge in [-0.05, 0) is 47.9 Å². The van der Waals surface area contributed by atoms with Gasteiger partial charge in [0.15, 0.2) is 0 Å². The number of carbonyl (C=O) groups is 1. The molecule has 1 unspecified atom stereocenters. The number of nitrogens with zero attached hydrogens (tertiary/aromatic N) is 3. The molecule has 0 saturated carbocycles. The molecule has 0 radical (unpaired) electrons. The lowest BCUT2D eigenvalue weighted by atomic mass is 9.92. The van der Waals surface area contributed by atoms with E-state index in [0.717, 1.165) is 33.8 Å². The van der Waals surface area contributed by atoms with Crippen molar-refractivity contribution in [2.75, 3.05) is 7.11 Å². The second-order valence-corrected chi connectivity index (χ2v) is 7.24. The minimum Gasteiger partial charge on any atom is -0.497 e. The van der Waals surface area contributed by atoms with Gasteiger partial charge in [-0.15, -0.1) is 0 Å². The molecule has 4 aromatic rings. The third-order valence-corrected chi connectivity index (χ3v) is 5.21. The average molecular weight is 400 g/mol. The first kappa shape index (κ1) is 19.6. The van der Waals surface area contributed by atoms with Gasteiger partial charge < -0.3 is 14.5 Å². The number of benzene rings is 1. The Labute approximate surface area is 175 Å². The Morgan fingerprint density at radius 1 is 1.17 bits per heavy atom. The first-order valence-electron chi connectivity index (χ1n) is 9.88. The fraction of sp³-hybridized carbons (Fsp3) is 0.208. The molecule has 1 amide bonds. The summed E-state index contributed by atoms with van der Waals surface area (Å²) >= 11 is 0. The largest absolute Gasteiger partial charge is 0.497 e. The van der Waals surface area contributed by atoms with Crippen LogP contribution in [-0.4, -0.2) is 27.4 Å². The van der Waals surface area contributed by atoms with Crippen molar-refractivity contribution in [3.63, 3.8) is 0 Å². The standard InChI is InChI=1S/C24H24N4O2/c1-17-6-5-11-28-22(16-27-24(17)28)21(19-8-3-9-20(12-19)30-2)13-23(29)26-15-18-7-4-10-25-14-18/h3-12,14,16,21H,13,15H2,1-2H3,(H,26,29). The highest BCUT2D eigenvalue weighted by atomic mass is 16.5. The Balaban J connectivity index is 1.65. The number of aryl methyl sites for hydroxylation is 1. The number of pyridine rings is 2. The van der Waals surface area contributed by atoms with Gasteiger partial charge in [0.25, 0.3) is 0 Å². The van der Waals surface area contributed by atoms with Gasteiger partial charge in [-0.1, -0.05) is 24.3 Å². The number of amides is 1. The number of nitrogens with one attached hydrogen (secondary N) is 1. The van der Waals surface area contributed by atoms with Gasteiger partial charge in [0.05, 0.1) is 12.8 Å². The van der Waals surface area contributed by atoms with Crippen LogP contribution in [0.15, 0.2) is 73.3 Å². The maximum atomic E-state index is 12.9. The first-order valence-corrected chi connectivity index (χ1v) is 9.88. The predicted molar refractivity (Wildman–Crippen MR) is 115 cm³/mol. The van der Waals surface area contributed by atoms with Crippen LogP contribution in [0.1, 0.15) is 34.7 Å². The summed E-state index contributed by atoms with van der Waals surface area (Å²) in [5.41, 5.74) is 4.94. The van der Waals surface area contributed by atoms with E-state index in [4.69, 9.17) is 4.74 Å². The lowest BCUT2D eigenvalue weighted by molar-refractivity contribution is -0.121. The molecule has 6 heteroatoms. The SMILES string of the molecule is COc1cccc(C(CC(=O)NCc2cccnc2)c2cnc3c(C)cccn23)c1. The van der Waals surface area contributed by atoms with Gasteiger partial charge in [0.2, 0.25) is 5.91 Å². The van der Waals surface area contributed by atoms with Crippen LogP contribution in [0.2, 0.25) is 0 Å². The van der Waals surface area contributed by atoms with Crippen molar-refractivity contribution in [1.82, 2.24) is 19.7 Å². The molecular weight excluding hydrogens is 376 g/mol. The van der Waals surface area contributed by atoms with Gasteiger partial charge in [-0.25, -0.2) is 4.98 Å². The molecule has 1 N–H and O–H groups in total. The zero-order chi connectivity index (χ0) is 20.9. The quantitative estimate of drug-likeness (QED) is 0.511. The highest BCUT2D eigenvalue weighted by molar-refractivity contribution is 5.77. The number of methoxy groups -OCH3 is 1. The van der Waals surface area contributed by atoms with Crippen molar-refractivity contribution in [2.45, 2.75) is 25.8 Å². The lowest BCUT2D eigenvalue weighted by Gasteiger charge is -2.18. The minimum atomic E-state index is -0.161. The molecule has 3 aromatic heterocycles. The van der Waals surface area contributed by atoms with E-state index < -0.39 is 0 Å².